The Bertz CT molecular complexity index is 275. The SMILES string of the molecule is C[C@@H](NC1CCCCCC1C#N)C1CCCCC1. The van der Waals surface area contributed by atoms with Gasteiger partial charge in [-0.05, 0) is 38.5 Å². The third kappa shape index (κ3) is 3.72. The van der Waals surface area contributed by atoms with E-state index in [0.29, 0.717) is 12.1 Å². The summed E-state index contributed by atoms with van der Waals surface area (Å²) in [4.78, 5) is 0. The first kappa shape index (κ1) is 13.9. The highest BCUT2D eigenvalue weighted by Crippen LogP contribution is 2.29. The molecule has 0 amide bonds. The molecule has 0 aromatic heterocycles. The molecule has 18 heavy (non-hydrogen) atoms. The summed E-state index contributed by atoms with van der Waals surface area (Å²) < 4.78 is 0. The molecule has 2 aliphatic carbocycles. The summed E-state index contributed by atoms with van der Waals surface area (Å²) in [6, 6.07) is 3.59. The smallest absolute Gasteiger partial charge is 0.0672 e. The number of nitrogens with one attached hydrogen (secondary N) is 1. The van der Waals surface area contributed by atoms with Crippen LogP contribution in [0.3, 0.4) is 0 Å². The lowest BCUT2D eigenvalue weighted by molar-refractivity contribution is 0.244. The Morgan fingerprint density at radius 2 is 1.56 bits per heavy atom. The summed E-state index contributed by atoms with van der Waals surface area (Å²) in [6.45, 7) is 2.34. The average molecular weight is 248 g/mol. The van der Waals surface area contributed by atoms with Gasteiger partial charge in [0.2, 0.25) is 0 Å². The first-order valence-electron chi connectivity index (χ1n) is 7.97. The van der Waals surface area contributed by atoms with E-state index in [-0.39, 0.29) is 5.92 Å². The third-order valence-corrected chi connectivity index (χ3v) is 5.02. The summed E-state index contributed by atoms with van der Waals surface area (Å²) >= 11 is 0. The standard InChI is InChI=1S/C16H28N2/c1-13(14-8-4-2-5-9-14)18-16-11-7-3-6-10-15(16)12-17/h13-16,18H,2-11H2,1H3/t13-,15?,16?/m1/s1. The molecule has 0 bridgehead atoms. The topological polar surface area (TPSA) is 35.8 Å². The lowest BCUT2D eigenvalue weighted by atomic mass is 9.83. The van der Waals surface area contributed by atoms with Crippen LogP contribution in [-0.2, 0) is 0 Å². The molecule has 0 saturated heterocycles. The van der Waals surface area contributed by atoms with E-state index in [1.165, 1.54) is 57.8 Å². The number of nitriles is 1. The lowest BCUT2D eigenvalue weighted by Gasteiger charge is -2.32. The highest BCUT2D eigenvalue weighted by molar-refractivity contribution is 4.95. The first-order chi connectivity index (χ1) is 8.81. The Labute approximate surface area is 112 Å². The quantitative estimate of drug-likeness (QED) is 0.766. The second kappa shape index (κ2) is 7.14. The molecule has 0 aromatic carbocycles. The summed E-state index contributed by atoms with van der Waals surface area (Å²) in [5.74, 6) is 1.10. The molecule has 2 saturated carbocycles. The maximum absolute atomic E-state index is 9.32. The van der Waals surface area contributed by atoms with Gasteiger partial charge in [-0.3, -0.25) is 0 Å². The van der Waals surface area contributed by atoms with Crippen molar-refractivity contribution in [2.24, 2.45) is 11.8 Å². The number of nitrogens with zero attached hydrogens (tertiary/aromatic N) is 1. The third-order valence-electron chi connectivity index (χ3n) is 5.02. The van der Waals surface area contributed by atoms with Crippen LogP contribution >= 0.6 is 0 Å². The monoisotopic (exact) mass is 248 g/mol. The minimum Gasteiger partial charge on any atom is -0.310 e. The molecule has 102 valence electrons. The van der Waals surface area contributed by atoms with Crippen LogP contribution in [0, 0.1) is 23.2 Å². The van der Waals surface area contributed by atoms with E-state index in [1.54, 1.807) is 0 Å². The number of hydrogen-bond acceptors (Lipinski definition) is 2. The molecule has 3 atom stereocenters. The van der Waals surface area contributed by atoms with E-state index in [9.17, 15) is 5.26 Å². The normalized spacial score (nSPS) is 32.4. The molecular weight excluding hydrogens is 220 g/mol. The lowest BCUT2D eigenvalue weighted by Crippen LogP contribution is -2.44. The minimum atomic E-state index is 0.249. The highest BCUT2D eigenvalue weighted by atomic mass is 15.0. The molecule has 2 unspecified atom stereocenters. The Balaban J connectivity index is 1.87. The van der Waals surface area contributed by atoms with Gasteiger partial charge in [-0.15, -0.1) is 0 Å². The van der Waals surface area contributed by atoms with E-state index >= 15 is 0 Å². The molecule has 2 fully saturated rings. The average Bonchev–Trinajstić information content (AvgIpc) is 2.64. The van der Waals surface area contributed by atoms with Crippen LogP contribution in [0.4, 0.5) is 0 Å². The van der Waals surface area contributed by atoms with Gasteiger partial charge in [-0.2, -0.15) is 5.26 Å². The summed E-state index contributed by atoms with van der Waals surface area (Å²) in [5, 5.41) is 13.1. The van der Waals surface area contributed by atoms with Crippen LogP contribution in [0.5, 0.6) is 0 Å². The highest BCUT2D eigenvalue weighted by Gasteiger charge is 2.27. The zero-order chi connectivity index (χ0) is 12.8. The van der Waals surface area contributed by atoms with E-state index in [0.717, 1.165) is 12.3 Å². The maximum atomic E-state index is 9.32. The molecule has 2 heteroatoms. The van der Waals surface area contributed by atoms with Crippen LogP contribution in [0.25, 0.3) is 0 Å². The molecule has 0 heterocycles. The number of hydrogen-bond donors (Lipinski definition) is 1. The van der Waals surface area contributed by atoms with Crippen LogP contribution in [0.2, 0.25) is 0 Å². The van der Waals surface area contributed by atoms with E-state index in [4.69, 9.17) is 0 Å². The van der Waals surface area contributed by atoms with Crippen molar-refractivity contribution in [2.45, 2.75) is 83.2 Å². The van der Waals surface area contributed by atoms with Crippen molar-refractivity contribution < 1.29 is 0 Å². The maximum Gasteiger partial charge on any atom is 0.0672 e. The second-order valence-corrected chi connectivity index (χ2v) is 6.33. The Morgan fingerprint density at radius 1 is 0.944 bits per heavy atom. The van der Waals surface area contributed by atoms with Gasteiger partial charge in [-0.25, -0.2) is 0 Å². The van der Waals surface area contributed by atoms with Crippen molar-refractivity contribution in [3.63, 3.8) is 0 Å². The Morgan fingerprint density at radius 3 is 2.22 bits per heavy atom. The van der Waals surface area contributed by atoms with Gasteiger partial charge in [0.25, 0.3) is 0 Å². The molecule has 2 nitrogen and oxygen atoms in total. The van der Waals surface area contributed by atoms with Crippen molar-refractivity contribution in [3.05, 3.63) is 0 Å². The molecule has 0 spiro atoms. The molecule has 0 aromatic rings. The second-order valence-electron chi connectivity index (χ2n) is 6.33. The van der Waals surface area contributed by atoms with Gasteiger partial charge < -0.3 is 5.32 Å². The molecule has 2 aliphatic rings. The zero-order valence-corrected chi connectivity index (χ0v) is 11.8. The van der Waals surface area contributed by atoms with Crippen LogP contribution < -0.4 is 5.32 Å². The molecule has 0 radical (unpaired) electrons. The fraction of sp³-hybridized carbons (Fsp3) is 0.938. The zero-order valence-electron chi connectivity index (χ0n) is 11.8. The van der Waals surface area contributed by atoms with Gasteiger partial charge in [0.05, 0.1) is 12.0 Å². The molecule has 0 aliphatic heterocycles. The van der Waals surface area contributed by atoms with Crippen LogP contribution in [-0.4, -0.2) is 12.1 Å². The van der Waals surface area contributed by atoms with Gasteiger partial charge in [0, 0.05) is 12.1 Å². The van der Waals surface area contributed by atoms with Gasteiger partial charge >= 0.3 is 0 Å². The minimum absolute atomic E-state index is 0.249. The first-order valence-corrected chi connectivity index (χ1v) is 7.97. The van der Waals surface area contributed by atoms with Crippen molar-refractivity contribution in [3.8, 4) is 6.07 Å². The van der Waals surface area contributed by atoms with Crippen molar-refractivity contribution in [1.29, 1.82) is 5.26 Å². The van der Waals surface area contributed by atoms with E-state index < -0.39 is 0 Å². The van der Waals surface area contributed by atoms with Gasteiger partial charge in [-0.1, -0.05) is 38.5 Å². The predicted octanol–water partition coefficient (Wildman–Crippen LogP) is 4.02. The van der Waals surface area contributed by atoms with Gasteiger partial charge in [0.1, 0.15) is 0 Å². The largest absolute Gasteiger partial charge is 0.310 e. The number of rotatable bonds is 3. The van der Waals surface area contributed by atoms with E-state index in [1.807, 2.05) is 0 Å². The molecular formula is C16H28N2. The van der Waals surface area contributed by atoms with Crippen molar-refractivity contribution in [1.82, 2.24) is 5.32 Å². The Hall–Kier alpha value is -0.550. The summed E-state index contributed by atoms with van der Waals surface area (Å²) in [7, 11) is 0. The van der Waals surface area contributed by atoms with Crippen LogP contribution in [0.15, 0.2) is 0 Å². The predicted molar refractivity (Wildman–Crippen MR) is 75.1 cm³/mol. The van der Waals surface area contributed by atoms with Gasteiger partial charge in [0.15, 0.2) is 0 Å². The van der Waals surface area contributed by atoms with Crippen molar-refractivity contribution >= 4 is 0 Å². The van der Waals surface area contributed by atoms with Crippen molar-refractivity contribution in [2.75, 3.05) is 0 Å². The molecule has 1 N–H and O–H groups in total. The van der Waals surface area contributed by atoms with E-state index in [2.05, 4.69) is 18.3 Å². The van der Waals surface area contributed by atoms with Crippen LogP contribution in [0.1, 0.15) is 71.1 Å². The molecule has 2 rings (SSSR count). The fourth-order valence-corrected chi connectivity index (χ4v) is 3.77. The summed E-state index contributed by atoms with van der Waals surface area (Å²) in [6.07, 6.45) is 13.2. The Kier molecular flexibility index (Phi) is 5.50. The fourth-order valence-electron chi connectivity index (χ4n) is 3.77. The summed E-state index contributed by atoms with van der Waals surface area (Å²) in [5.41, 5.74) is 0.